The zero-order valence-corrected chi connectivity index (χ0v) is 24.9. The molecule has 5 aromatic carbocycles. The minimum Gasteiger partial charge on any atom is -0.310 e. The van der Waals surface area contributed by atoms with E-state index in [0.717, 1.165) is 4.47 Å². The monoisotopic (exact) mass is 585 g/mol. The first-order valence-corrected chi connectivity index (χ1v) is 15.2. The van der Waals surface area contributed by atoms with E-state index in [1.165, 1.54) is 70.6 Å². The summed E-state index contributed by atoms with van der Waals surface area (Å²) in [6.07, 6.45) is 0. The fourth-order valence-electron chi connectivity index (χ4n) is 7.20. The van der Waals surface area contributed by atoms with Gasteiger partial charge in [0.25, 0.3) is 0 Å². The topological polar surface area (TPSA) is 3.24 Å². The van der Waals surface area contributed by atoms with E-state index in [1.807, 2.05) is 11.3 Å². The van der Waals surface area contributed by atoms with Crippen LogP contribution < -0.4 is 4.90 Å². The molecule has 0 bridgehead atoms. The van der Waals surface area contributed by atoms with E-state index in [-0.39, 0.29) is 10.8 Å². The maximum atomic E-state index is 3.80. The number of rotatable bonds is 1. The minimum absolute atomic E-state index is 0.0457. The van der Waals surface area contributed by atoms with Crippen LogP contribution in [0.25, 0.3) is 31.3 Å². The van der Waals surface area contributed by atoms with Gasteiger partial charge < -0.3 is 4.90 Å². The van der Waals surface area contributed by atoms with Crippen molar-refractivity contribution < 1.29 is 0 Å². The van der Waals surface area contributed by atoms with Crippen molar-refractivity contribution in [2.75, 3.05) is 4.90 Å². The molecule has 3 heteroatoms. The lowest BCUT2D eigenvalue weighted by Crippen LogP contribution is -2.31. The molecule has 0 amide bonds. The Hall–Kier alpha value is -3.40. The highest BCUT2D eigenvalue weighted by Gasteiger charge is 2.40. The van der Waals surface area contributed by atoms with E-state index in [0.29, 0.717) is 0 Å². The fourth-order valence-corrected chi connectivity index (χ4v) is 8.68. The van der Waals surface area contributed by atoms with Gasteiger partial charge in [-0.1, -0.05) is 92.2 Å². The number of thiophene rings is 1. The van der Waals surface area contributed by atoms with Gasteiger partial charge in [-0.25, -0.2) is 0 Å². The molecule has 1 aliphatic carbocycles. The van der Waals surface area contributed by atoms with Gasteiger partial charge in [0.15, 0.2) is 0 Å². The molecule has 0 fully saturated rings. The van der Waals surface area contributed by atoms with Crippen LogP contribution in [0, 0.1) is 0 Å². The van der Waals surface area contributed by atoms with Gasteiger partial charge >= 0.3 is 0 Å². The van der Waals surface area contributed by atoms with Crippen molar-refractivity contribution in [2.24, 2.45) is 0 Å². The minimum atomic E-state index is -0.166. The second-order valence-electron chi connectivity index (χ2n) is 12.0. The Balaban J connectivity index is 1.45. The van der Waals surface area contributed by atoms with Crippen LogP contribution >= 0.6 is 27.3 Å². The highest BCUT2D eigenvalue weighted by molar-refractivity contribution is 9.10. The van der Waals surface area contributed by atoms with Gasteiger partial charge in [0, 0.05) is 41.2 Å². The Morgan fingerprint density at radius 3 is 2.23 bits per heavy atom. The number of halogens is 1. The summed E-state index contributed by atoms with van der Waals surface area (Å²) >= 11 is 5.69. The number of fused-ring (bicyclic) bond motifs is 9. The van der Waals surface area contributed by atoms with Crippen molar-refractivity contribution in [2.45, 2.75) is 38.5 Å². The van der Waals surface area contributed by atoms with Crippen LogP contribution in [0.15, 0.2) is 102 Å². The van der Waals surface area contributed by atoms with Gasteiger partial charge in [-0.15, -0.1) is 11.3 Å². The van der Waals surface area contributed by atoms with E-state index < -0.39 is 0 Å². The smallest absolute Gasteiger partial charge is 0.0509 e. The van der Waals surface area contributed by atoms with E-state index in [4.69, 9.17) is 0 Å². The molecule has 1 aliphatic heterocycles. The van der Waals surface area contributed by atoms with Crippen LogP contribution in [0.1, 0.15) is 49.9 Å². The summed E-state index contributed by atoms with van der Waals surface area (Å²) in [5.41, 5.74) is 11.8. The maximum Gasteiger partial charge on any atom is 0.0509 e. The largest absolute Gasteiger partial charge is 0.310 e. The van der Waals surface area contributed by atoms with Crippen LogP contribution in [-0.4, -0.2) is 0 Å². The Kier molecular flexibility index (Phi) is 4.72. The van der Waals surface area contributed by atoms with Crippen molar-refractivity contribution in [1.29, 1.82) is 0 Å². The molecule has 1 aromatic heterocycles. The van der Waals surface area contributed by atoms with Crippen LogP contribution in [0.4, 0.5) is 17.1 Å². The van der Waals surface area contributed by atoms with Crippen molar-refractivity contribution in [3.63, 3.8) is 0 Å². The second kappa shape index (κ2) is 7.84. The highest BCUT2D eigenvalue weighted by atomic mass is 79.9. The van der Waals surface area contributed by atoms with Gasteiger partial charge in [-0.3, -0.25) is 0 Å². The molecule has 190 valence electrons. The number of anilines is 3. The highest BCUT2D eigenvalue weighted by Crippen LogP contribution is 2.57. The van der Waals surface area contributed by atoms with Gasteiger partial charge in [0.1, 0.15) is 0 Å². The lowest BCUT2D eigenvalue weighted by Gasteiger charge is -2.43. The van der Waals surface area contributed by atoms with E-state index in [2.05, 4.69) is 146 Å². The third kappa shape index (κ3) is 3.06. The van der Waals surface area contributed by atoms with E-state index >= 15 is 0 Å². The first kappa shape index (κ1) is 23.5. The molecule has 0 radical (unpaired) electrons. The molecule has 0 N–H and O–H groups in total. The summed E-state index contributed by atoms with van der Waals surface area (Å²) in [4.78, 5) is 2.51. The standard InChI is InChI=1S/C36H28BrNS/c1-35(2)26-11-7-5-9-23(26)24-15-14-22(20-27(24)35)38-29-16-13-21(37)19-28(29)36(3,4)34-30(38)17-18-32-33(34)25-10-6-8-12-31(25)39-32/h5-20H,1-4H3. The molecule has 0 saturated heterocycles. The Morgan fingerprint density at radius 2 is 1.36 bits per heavy atom. The number of hydrogen-bond acceptors (Lipinski definition) is 2. The number of hydrogen-bond donors (Lipinski definition) is 0. The summed E-state index contributed by atoms with van der Waals surface area (Å²) in [6.45, 7) is 9.51. The molecule has 0 spiro atoms. The average Bonchev–Trinajstić information content (AvgIpc) is 3.42. The summed E-state index contributed by atoms with van der Waals surface area (Å²) in [5.74, 6) is 0. The van der Waals surface area contributed by atoms with E-state index in [9.17, 15) is 0 Å². The maximum absolute atomic E-state index is 3.80. The molecule has 0 atom stereocenters. The lowest BCUT2D eigenvalue weighted by molar-refractivity contribution is 0.637. The molecule has 39 heavy (non-hydrogen) atoms. The molecular weight excluding hydrogens is 558 g/mol. The fraction of sp³-hybridized carbons (Fsp3) is 0.167. The molecule has 2 aliphatic rings. The van der Waals surface area contributed by atoms with Crippen LogP contribution in [-0.2, 0) is 10.8 Å². The Labute approximate surface area is 241 Å². The third-order valence-electron chi connectivity index (χ3n) is 9.09. The van der Waals surface area contributed by atoms with Gasteiger partial charge in [-0.05, 0) is 81.9 Å². The predicted molar refractivity (Wildman–Crippen MR) is 171 cm³/mol. The molecule has 1 nitrogen and oxygen atoms in total. The molecule has 6 aromatic rings. The van der Waals surface area contributed by atoms with Crippen molar-refractivity contribution in [1.82, 2.24) is 0 Å². The van der Waals surface area contributed by atoms with Crippen LogP contribution in [0.5, 0.6) is 0 Å². The van der Waals surface area contributed by atoms with Crippen molar-refractivity contribution >= 4 is 64.5 Å². The molecule has 8 rings (SSSR count). The van der Waals surface area contributed by atoms with E-state index in [1.54, 1.807) is 0 Å². The summed E-state index contributed by atoms with van der Waals surface area (Å²) in [5, 5.41) is 2.74. The molecule has 2 heterocycles. The molecule has 0 saturated carbocycles. The summed E-state index contributed by atoms with van der Waals surface area (Å²) < 4.78 is 3.82. The summed E-state index contributed by atoms with van der Waals surface area (Å²) in [6, 6.07) is 36.3. The molecular formula is C36H28BrNS. The van der Waals surface area contributed by atoms with Crippen molar-refractivity contribution in [3.05, 3.63) is 124 Å². The third-order valence-corrected chi connectivity index (χ3v) is 10.7. The molecule has 0 unspecified atom stereocenters. The quantitative estimate of drug-likeness (QED) is 0.185. The second-order valence-corrected chi connectivity index (χ2v) is 14.0. The number of benzene rings is 5. The average molecular weight is 587 g/mol. The first-order chi connectivity index (χ1) is 18.8. The Bertz CT molecular complexity index is 1990. The zero-order valence-electron chi connectivity index (χ0n) is 22.5. The first-order valence-electron chi connectivity index (χ1n) is 13.6. The zero-order chi connectivity index (χ0) is 26.7. The Morgan fingerprint density at radius 1 is 0.615 bits per heavy atom. The summed E-state index contributed by atoms with van der Waals surface area (Å²) in [7, 11) is 0. The van der Waals surface area contributed by atoms with Crippen LogP contribution in [0.3, 0.4) is 0 Å². The normalized spacial score (nSPS) is 16.2. The number of nitrogens with zero attached hydrogens (tertiary/aromatic N) is 1. The van der Waals surface area contributed by atoms with Crippen LogP contribution in [0.2, 0.25) is 0 Å². The lowest BCUT2D eigenvalue weighted by atomic mass is 9.72. The van der Waals surface area contributed by atoms with Gasteiger partial charge in [0.05, 0.1) is 11.4 Å². The van der Waals surface area contributed by atoms with Gasteiger partial charge in [0.2, 0.25) is 0 Å². The van der Waals surface area contributed by atoms with Crippen molar-refractivity contribution in [3.8, 4) is 11.1 Å². The predicted octanol–water partition coefficient (Wildman–Crippen LogP) is 11.2. The SMILES string of the molecule is CC1(C)c2ccccc2-c2ccc(N3c4ccc(Br)cc4C(C)(C)c4c3ccc3sc5ccccc5c43)cc21. The van der Waals surface area contributed by atoms with Gasteiger partial charge in [-0.2, -0.15) is 0 Å².